The number of carbonyl (C=O) groups excluding carboxylic acids is 1. The number of aromatic nitrogens is 2. The van der Waals surface area contributed by atoms with Crippen molar-refractivity contribution < 1.29 is 9.90 Å². The van der Waals surface area contributed by atoms with Gasteiger partial charge in [0.05, 0.1) is 11.9 Å². The molecule has 1 heterocycles. The molecule has 2 N–H and O–H groups in total. The van der Waals surface area contributed by atoms with Gasteiger partial charge in [-0.05, 0) is 36.5 Å². The zero-order valence-electron chi connectivity index (χ0n) is 14.4. The minimum Gasteiger partial charge on any atom is -0.494 e. The van der Waals surface area contributed by atoms with E-state index in [4.69, 9.17) is 12.2 Å². The van der Waals surface area contributed by atoms with E-state index in [1.54, 1.807) is 54.6 Å². The molecule has 27 heavy (non-hydrogen) atoms. The first-order valence-electron chi connectivity index (χ1n) is 7.99. The SMILES string of the molecule is Cn1c(O)c(C=NNC(=O)c2ccccc2)c(=O)n(-c2ccccc2)c1=S. The molecule has 0 spiro atoms. The lowest BCUT2D eigenvalue weighted by Crippen LogP contribution is -2.27. The van der Waals surface area contributed by atoms with Crippen molar-refractivity contribution in [1.29, 1.82) is 0 Å². The zero-order chi connectivity index (χ0) is 19.4. The first-order chi connectivity index (χ1) is 13.0. The first kappa shape index (κ1) is 18.3. The number of benzene rings is 2. The number of hydrogen-bond donors (Lipinski definition) is 2. The number of nitrogens with one attached hydrogen (secondary N) is 1. The smallest absolute Gasteiger partial charge is 0.271 e. The highest BCUT2D eigenvalue weighted by Gasteiger charge is 2.15. The van der Waals surface area contributed by atoms with Crippen molar-refractivity contribution >= 4 is 24.3 Å². The number of aromatic hydroxyl groups is 1. The van der Waals surface area contributed by atoms with Crippen molar-refractivity contribution in [2.75, 3.05) is 0 Å². The lowest BCUT2D eigenvalue weighted by atomic mass is 10.2. The maximum atomic E-state index is 12.8. The van der Waals surface area contributed by atoms with Gasteiger partial charge in [-0.25, -0.2) is 5.43 Å². The molecule has 0 fully saturated rings. The van der Waals surface area contributed by atoms with Crippen molar-refractivity contribution in [3.63, 3.8) is 0 Å². The molecule has 0 radical (unpaired) electrons. The van der Waals surface area contributed by atoms with Gasteiger partial charge in [0.25, 0.3) is 11.5 Å². The number of para-hydroxylation sites is 1. The predicted octanol–water partition coefficient (Wildman–Crippen LogP) is 2.37. The molecular formula is C19H16N4O3S. The van der Waals surface area contributed by atoms with Gasteiger partial charge in [0, 0.05) is 12.6 Å². The Morgan fingerprint density at radius 3 is 2.33 bits per heavy atom. The molecule has 0 saturated heterocycles. The van der Waals surface area contributed by atoms with Gasteiger partial charge >= 0.3 is 0 Å². The van der Waals surface area contributed by atoms with Crippen LogP contribution in [0.3, 0.4) is 0 Å². The summed E-state index contributed by atoms with van der Waals surface area (Å²) in [5, 5.41) is 14.1. The molecule has 0 aliphatic heterocycles. The molecule has 0 bridgehead atoms. The van der Waals surface area contributed by atoms with Crippen LogP contribution in [0.15, 0.2) is 70.6 Å². The lowest BCUT2D eigenvalue weighted by molar-refractivity contribution is 0.0955. The van der Waals surface area contributed by atoms with E-state index < -0.39 is 11.5 Å². The van der Waals surface area contributed by atoms with E-state index in [9.17, 15) is 14.7 Å². The summed E-state index contributed by atoms with van der Waals surface area (Å²) in [5.74, 6) is -0.770. The molecule has 0 aliphatic rings. The van der Waals surface area contributed by atoms with Crippen LogP contribution in [0, 0.1) is 4.77 Å². The van der Waals surface area contributed by atoms with Crippen molar-refractivity contribution in [2.45, 2.75) is 0 Å². The van der Waals surface area contributed by atoms with E-state index in [2.05, 4.69) is 10.5 Å². The van der Waals surface area contributed by atoms with Crippen molar-refractivity contribution in [2.24, 2.45) is 12.1 Å². The Morgan fingerprint density at radius 2 is 1.70 bits per heavy atom. The lowest BCUT2D eigenvalue weighted by Gasteiger charge is -2.12. The van der Waals surface area contributed by atoms with Gasteiger partial charge in [0.15, 0.2) is 4.77 Å². The Morgan fingerprint density at radius 1 is 1.11 bits per heavy atom. The minimum absolute atomic E-state index is 0.0942. The monoisotopic (exact) mass is 380 g/mol. The van der Waals surface area contributed by atoms with Crippen molar-refractivity contribution in [3.05, 3.63) is 86.9 Å². The fourth-order valence-corrected chi connectivity index (χ4v) is 2.73. The van der Waals surface area contributed by atoms with Crippen LogP contribution in [0.4, 0.5) is 0 Å². The summed E-state index contributed by atoms with van der Waals surface area (Å²) in [7, 11) is 1.54. The molecule has 1 amide bonds. The molecule has 0 saturated carbocycles. The third-order valence-electron chi connectivity index (χ3n) is 3.88. The van der Waals surface area contributed by atoms with Gasteiger partial charge in [0.1, 0.15) is 5.56 Å². The normalized spacial score (nSPS) is 10.9. The zero-order valence-corrected chi connectivity index (χ0v) is 15.2. The summed E-state index contributed by atoms with van der Waals surface area (Å²) in [4.78, 5) is 24.8. The molecule has 0 atom stereocenters. The Labute approximate surface area is 159 Å². The van der Waals surface area contributed by atoms with Crippen LogP contribution < -0.4 is 11.0 Å². The van der Waals surface area contributed by atoms with Crippen LogP contribution in [-0.2, 0) is 7.05 Å². The number of carbonyl (C=O) groups is 1. The number of hydrogen-bond acceptors (Lipinski definition) is 5. The average molecular weight is 380 g/mol. The maximum absolute atomic E-state index is 12.8. The standard InChI is InChI=1S/C19H16N4O3S/c1-22-17(25)15(12-20-21-16(24)13-8-4-2-5-9-13)18(26)23(19(22)27)14-10-6-3-7-11-14/h2-12,25H,1H3,(H,21,24). The topological polar surface area (TPSA) is 88.6 Å². The van der Waals surface area contributed by atoms with Crippen molar-refractivity contribution in [1.82, 2.24) is 14.6 Å². The van der Waals surface area contributed by atoms with Crippen LogP contribution >= 0.6 is 12.2 Å². The Hall–Kier alpha value is -3.52. The number of hydrazone groups is 1. The summed E-state index contributed by atoms with van der Waals surface area (Å²) >= 11 is 5.28. The van der Waals surface area contributed by atoms with E-state index in [1.807, 2.05) is 6.07 Å². The van der Waals surface area contributed by atoms with Crippen LogP contribution in [0.1, 0.15) is 15.9 Å². The molecule has 1 aromatic heterocycles. The highest BCUT2D eigenvalue weighted by atomic mass is 32.1. The van der Waals surface area contributed by atoms with Gasteiger partial charge in [0.2, 0.25) is 5.88 Å². The van der Waals surface area contributed by atoms with Gasteiger partial charge < -0.3 is 5.11 Å². The highest BCUT2D eigenvalue weighted by molar-refractivity contribution is 7.71. The fraction of sp³-hybridized carbons (Fsp3) is 0.0526. The molecule has 3 rings (SSSR count). The second-order valence-electron chi connectivity index (χ2n) is 5.62. The quantitative estimate of drug-likeness (QED) is 0.413. The van der Waals surface area contributed by atoms with Gasteiger partial charge in [-0.1, -0.05) is 36.4 Å². The third-order valence-corrected chi connectivity index (χ3v) is 4.34. The minimum atomic E-state index is -0.542. The highest BCUT2D eigenvalue weighted by Crippen LogP contribution is 2.14. The second-order valence-corrected chi connectivity index (χ2v) is 5.99. The molecular weight excluding hydrogens is 364 g/mol. The molecule has 7 nitrogen and oxygen atoms in total. The summed E-state index contributed by atoms with van der Waals surface area (Å²) in [5.41, 5.74) is 2.68. The number of nitrogens with zero attached hydrogens (tertiary/aromatic N) is 3. The number of rotatable bonds is 4. The first-order valence-corrected chi connectivity index (χ1v) is 8.40. The van der Waals surface area contributed by atoms with Gasteiger partial charge in [-0.15, -0.1) is 0 Å². The Bertz CT molecular complexity index is 1120. The molecule has 8 heteroatoms. The largest absolute Gasteiger partial charge is 0.494 e. The summed E-state index contributed by atoms with van der Waals surface area (Å²) < 4.78 is 2.72. The Kier molecular flexibility index (Phi) is 5.28. The molecule has 3 aromatic rings. The van der Waals surface area contributed by atoms with Crippen LogP contribution in [0.2, 0.25) is 0 Å². The van der Waals surface area contributed by atoms with E-state index in [1.165, 1.54) is 16.2 Å². The molecule has 136 valence electrons. The van der Waals surface area contributed by atoms with Gasteiger partial charge in [-0.2, -0.15) is 5.10 Å². The van der Waals surface area contributed by atoms with E-state index in [0.717, 1.165) is 6.21 Å². The van der Waals surface area contributed by atoms with Gasteiger partial charge in [-0.3, -0.25) is 18.7 Å². The summed E-state index contributed by atoms with van der Waals surface area (Å²) in [6.07, 6.45) is 1.10. The van der Waals surface area contributed by atoms with Crippen LogP contribution in [0.25, 0.3) is 5.69 Å². The molecule has 2 aromatic carbocycles. The van der Waals surface area contributed by atoms with E-state index in [-0.39, 0.29) is 16.2 Å². The van der Waals surface area contributed by atoms with Crippen LogP contribution in [0.5, 0.6) is 5.88 Å². The van der Waals surface area contributed by atoms with Crippen molar-refractivity contribution in [3.8, 4) is 11.6 Å². The predicted molar refractivity (Wildman–Crippen MR) is 105 cm³/mol. The van der Waals surface area contributed by atoms with Crippen LogP contribution in [-0.4, -0.2) is 26.4 Å². The third kappa shape index (κ3) is 3.70. The summed E-state index contributed by atoms with van der Waals surface area (Å²) in [6, 6.07) is 17.3. The summed E-state index contributed by atoms with van der Waals surface area (Å²) in [6.45, 7) is 0. The average Bonchev–Trinajstić information content (AvgIpc) is 2.70. The fourth-order valence-electron chi connectivity index (χ4n) is 2.45. The molecule has 0 unspecified atom stereocenters. The van der Waals surface area contributed by atoms with E-state index >= 15 is 0 Å². The maximum Gasteiger partial charge on any atom is 0.271 e. The second kappa shape index (κ2) is 7.79. The van der Waals surface area contributed by atoms with E-state index in [0.29, 0.717) is 11.3 Å². The Balaban J connectivity index is 1.99. The number of amides is 1. The molecule has 0 aliphatic carbocycles.